The van der Waals surface area contributed by atoms with Crippen molar-refractivity contribution < 1.29 is 14.8 Å². The molecule has 1 rings (SSSR count). The van der Waals surface area contributed by atoms with Gasteiger partial charge in [0.05, 0.1) is 5.83 Å². The molecular weight excluding hydrogens is 149 g/mol. The van der Waals surface area contributed by atoms with Crippen LogP contribution in [0.15, 0.2) is 11.9 Å². The lowest BCUT2D eigenvalue weighted by Crippen LogP contribution is -3.05. The van der Waals surface area contributed by atoms with Crippen LogP contribution in [-0.2, 0) is 0 Å². The van der Waals surface area contributed by atoms with Crippen molar-refractivity contribution >= 4 is 0 Å². The predicted octanol–water partition coefficient (Wildman–Crippen LogP) is 0.412. The molecule has 2 N–H and O–H groups in total. The smallest absolute Gasteiger partial charge is 0.113 e. The molecule has 1 aliphatic carbocycles. The largest absolute Gasteiger partial charge is 0.600 e. The van der Waals surface area contributed by atoms with Crippen molar-refractivity contribution in [3.8, 4) is 0 Å². The number of hydrogen-bond acceptors (Lipinski definition) is 2. The molecule has 0 aromatic rings. The van der Waals surface area contributed by atoms with Crippen LogP contribution in [0, 0.1) is 11.1 Å². The van der Waals surface area contributed by atoms with E-state index in [0.717, 1.165) is 12.8 Å². The summed E-state index contributed by atoms with van der Waals surface area (Å²) >= 11 is 0. The highest BCUT2D eigenvalue weighted by Crippen LogP contribution is 2.22. The fourth-order valence-electron chi connectivity index (χ4n) is 1.34. The monoisotopic (exact) mass is 161 g/mol. The van der Waals surface area contributed by atoms with E-state index in [2.05, 4.69) is 0 Å². The van der Waals surface area contributed by atoms with Crippen molar-refractivity contribution in [3.63, 3.8) is 0 Å². The van der Waals surface area contributed by atoms with Gasteiger partial charge in [-0.05, 0) is 25.3 Å². The van der Waals surface area contributed by atoms with Crippen LogP contribution in [0.5, 0.6) is 0 Å². The number of rotatable bonds is 2. The Morgan fingerprint density at radius 2 is 2.55 bits per heavy atom. The molecule has 3 nitrogen and oxygen atoms in total. The quantitative estimate of drug-likeness (QED) is 0.576. The molecule has 0 aliphatic heterocycles. The van der Waals surface area contributed by atoms with E-state index >= 15 is 0 Å². The molecule has 0 amide bonds. The number of allylic oxidation sites excluding steroid dienone is 1. The predicted molar refractivity (Wildman–Crippen MR) is 37.5 cm³/mol. The molecule has 0 heterocycles. The molecule has 1 aliphatic rings. The summed E-state index contributed by atoms with van der Waals surface area (Å²) in [6.45, 7) is 0.0629. The average Bonchev–Trinajstić information content (AvgIpc) is 1.85. The molecule has 0 aromatic heterocycles. The first-order chi connectivity index (χ1) is 5.18. The lowest BCUT2D eigenvalue weighted by Gasteiger charge is -2.20. The molecule has 64 valence electrons. The lowest BCUT2D eigenvalue weighted by molar-refractivity contribution is -1.05. The van der Waals surface area contributed by atoms with Crippen molar-refractivity contribution in [2.75, 3.05) is 6.54 Å². The molecule has 4 heteroatoms. The third kappa shape index (κ3) is 2.96. The van der Waals surface area contributed by atoms with Gasteiger partial charge in [-0.15, -0.1) is 0 Å². The van der Waals surface area contributed by atoms with Crippen molar-refractivity contribution in [3.05, 3.63) is 17.1 Å². The molecular formula is C7H12FNO2. The van der Waals surface area contributed by atoms with Gasteiger partial charge in [-0.2, -0.15) is 0 Å². The summed E-state index contributed by atoms with van der Waals surface area (Å²) in [5.74, 6) is -0.233. The summed E-state index contributed by atoms with van der Waals surface area (Å²) in [6.07, 6.45) is 3.51. The fraction of sp³-hybridized carbons (Fsp3) is 0.714. The van der Waals surface area contributed by atoms with E-state index in [1.807, 2.05) is 0 Å². The maximum absolute atomic E-state index is 12.6. The number of halogens is 1. The SMILES string of the molecule is [O-][NH+](O)CC1C=C(F)CCC1. The number of quaternary nitrogens is 1. The molecule has 0 saturated carbocycles. The Bertz CT molecular complexity index is 159. The molecule has 0 aromatic carbocycles. The van der Waals surface area contributed by atoms with E-state index in [4.69, 9.17) is 5.21 Å². The van der Waals surface area contributed by atoms with Crippen LogP contribution in [0.1, 0.15) is 19.3 Å². The highest BCUT2D eigenvalue weighted by Gasteiger charge is 2.15. The van der Waals surface area contributed by atoms with Gasteiger partial charge in [0.2, 0.25) is 0 Å². The van der Waals surface area contributed by atoms with Crippen LogP contribution >= 0.6 is 0 Å². The minimum absolute atomic E-state index is 0.0629. The van der Waals surface area contributed by atoms with Gasteiger partial charge in [0.15, 0.2) is 0 Å². The second-order valence-electron chi connectivity index (χ2n) is 2.86. The van der Waals surface area contributed by atoms with Gasteiger partial charge >= 0.3 is 0 Å². The molecule has 0 fully saturated rings. The van der Waals surface area contributed by atoms with Gasteiger partial charge in [0.1, 0.15) is 6.54 Å². The number of hydrogen-bond donors (Lipinski definition) is 2. The third-order valence-electron chi connectivity index (χ3n) is 1.84. The zero-order valence-corrected chi connectivity index (χ0v) is 6.22. The van der Waals surface area contributed by atoms with Gasteiger partial charge in [-0.1, -0.05) is 0 Å². The van der Waals surface area contributed by atoms with Gasteiger partial charge in [-0.3, -0.25) is 0 Å². The summed E-state index contributed by atoms with van der Waals surface area (Å²) in [5.41, 5.74) is 0. The maximum Gasteiger partial charge on any atom is 0.113 e. The zero-order valence-electron chi connectivity index (χ0n) is 6.22. The zero-order chi connectivity index (χ0) is 8.27. The van der Waals surface area contributed by atoms with Crippen molar-refractivity contribution in [1.82, 2.24) is 0 Å². The van der Waals surface area contributed by atoms with Crippen molar-refractivity contribution in [2.24, 2.45) is 5.92 Å². The molecule has 11 heavy (non-hydrogen) atoms. The van der Waals surface area contributed by atoms with Gasteiger partial charge in [-0.25, -0.2) is 14.8 Å². The first-order valence-corrected chi connectivity index (χ1v) is 3.76. The van der Waals surface area contributed by atoms with Crippen LogP contribution < -0.4 is 5.23 Å². The van der Waals surface area contributed by atoms with E-state index in [1.165, 1.54) is 6.08 Å². The Morgan fingerprint density at radius 3 is 3.09 bits per heavy atom. The topological polar surface area (TPSA) is 47.7 Å². The average molecular weight is 161 g/mol. The van der Waals surface area contributed by atoms with Crippen LogP contribution in [0.3, 0.4) is 0 Å². The van der Waals surface area contributed by atoms with E-state index in [9.17, 15) is 9.60 Å². The second kappa shape index (κ2) is 3.80. The molecule has 0 spiro atoms. The van der Waals surface area contributed by atoms with Gasteiger partial charge in [0, 0.05) is 5.92 Å². The lowest BCUT2D eigenvalue weighted by atomic mass is 9.95. The normalized spacial score (nSPS) is 27.9. The van der Waals surface area contributed by atoms with Gasteiger partial charge < -0.3 is 5.21 Å². The Kier molecular flexibility index (Phi) is 2.99. The summed E-state index contributed by atoms with van der Waals surface area (Å²) in [6, 6.07) is 0. The molecule has 2 unspecified atom stereocenters. The van der Waals surface area contributed by atoms with Crippen LogP contribution in [0.25, 0.3) is 0 Å². The molecule has 0 saturated heterocycles. The van der Waals surface area contributed by atoms with Crippen LogP contribution in [0.2, 0.25) is 0 Å². The number of nitrogens with one attached hydrogen (secondary N) is 1. The minimum Gasteiger partial charge on any atom is -0.600 e. The second-order valence-corrected chi connectivity index (χ2v) is 2.86. The van der Waals surface area contributed by atoms with Crippen LogP contribution in [-0.4, -0.2) is 11.8 Å². The summed E-state index contributed by atoms with van der Waals surface area (Å²) in [4.78, 5) is 0. The molecule has 0 radical (unpaired) electrons. The molecule has 2 atom stereocenters. The Labute approximate surface area is 64.7 Å². The Balaban J connectivity index is 2.39. The van der Waals surface area contributed by atoms with Crippen molar-refractivity contribution in [1.29, 1.82) is 0 Å². The minimum atomic E-state index is -0.846. The van der Waals surface area contributed by atoms with Crippen LogP contribution in [0.4, 0.5) is 4.39 Å². The van der Waals surface area contributed by atoms with E-state index < -0.39 is 5.23 Å². The summed E-state index contributed by atoms with van der Waals surface area (Å²) in [7, 11) is 0. The summed E-state index contributed by atoms with van der Waals surface area (Å²) in [5, 5.41) is 17.8. The highest BCUT2D eigenvalue weighted by atomic mass is 19.1. The molecule has 0 bridgehead atoms. The first-order valence-electron chi connectivity index (χ1n) is 3.76. The summed E-state index contributed by atoms with van der Waals surface area (Å²) < 4.78 is 12.6. The first kappa shape index (κ1) is 8.64. The van der Waals surface area contributed by atoms with E-state index in [0.29, 0.717) is 6.42 Å². The highest BCUT2D eigenvalue weighted by molar-refractivity contribution is 4.99. The Hall–Kier alpha value is -0.450. The third-order valence-corrected chi connectivity index (χ3v) is 1.84. The van der Waals surface area contributed by atoms with Gasteiger partial charge in [0.25, 0.3) is 0 Å². The van der Waals surface area contributed by atoms with E-state index in [1.54, 1.807) is 0 Å². The number of hydroxylamine groups is 2. The maximum atomic E-state index is 12.6. The van der Waals surface area contributed by atoms with E-state index in [-0.39, 0.29) is 18.3 Å². The fourth-order valence-corrected chi connectivity index (χ4v) is 1.34. The van der Waals surface area contributed by atoms with Crippen molar-refractivity contribution in [2.45, 2.75) is 19.3 Å². The standard InChI is InChI=1S/C7H12FNO2/c8-7-3-1-2-6(4-7)5-9(10)11/h4,6,9-10H,1-3,5H2. The Morgan fingerprint density at radius 1 is 1.82 bits per heavy atom.